The van der Waals surface area contributed by atoms with E-state index in [0.717, 1.165) is 48.3 Å². The highest BCUT2D eigenvalue weighted by molar-refractivity contribution is 6.13. The maximum absolute atomic E-state index is 13.7. The molecule has 2 heterocycles. The third kappa shape index (κ3) is 5.31. The average Bonchev–Trinajstić information content (AvgIpc) is 3.04. The molecule has 1 spiro atoms. The first-order valence-corrected chi connectivity index (χ1v) is 12.7. The normalized spacial score (nSPS) is 19.9. The van der Waals surface area contributed by atoms with E-state index in [1.54, 1.807) is 9.80 Å². The van der Waals surface area contributed by atoms with Gasteiger partial charge in [-0.15, -0.1) is 0 Å². The smallest absolute Gasteiger partial charge is 0.340 e. The van der Waals surface area contributed by atoms with Crippen molar-refractivity contribution in [2.75, 3.05) is 24.5 Å². The van der Waals surface area contributed by atoms with Crippen LogP contribution in [0, 0.1) is 0 Å². The van der Waals surface area contributed by atoms with Crippen LogP contribution in [0.25, 0.3) is 0 Å². The number of amides is 2. The summed E-state index contributed by atoms with van der Waals surface area (Å²) in [6.07, 6.45) is 0.287. The number of unbranched alkanes of at least 4 members (excludes halogenated alkanes) is 1. The molecule has 2 amide bonds. The van der Waals surface area contributed by atoms with Crippen LogP contribution in [0.2, 0.25) is 0 Å². The summed E-state index contributed by atoms with van der Waals surface area (Å²) in [4.78, 5) is 34.3. The van der Waals surface area contributed by atoms with E-state index in [1.807, 2.05) is 31.2 Å². The zero-order valence-corrected chi connectivity index (χ0v) is 20.6. The van der Waals surface area contributed by atoms with Gasteiger partial charge in [-0.05, 0) is 63.5 Å². The molecule has 8 heteroatoms. The third-order valence-corrected chi connectivity index (χ3v) is 7.46. The number of benzene rings is 1. The number of rotatable bonds is 8. The first-order chi connectivity index (χ1) is 16.6. The quantitative estimate of drug-likeness (QED) is 0.335. The Bertz CT molecular complexity index is 1040. The molecule has 0 N–H and O–H groups in total. The Morgan fingerprint density at radius 2 is 1.83 bits per heavy atom. The van der Waals surface area contributed by atoms with Crippen molar-refractivity contribution in [3.8, 4) is 0 Å². The van der Waals surface area contributed by atoms with Crippen molar-refractivity contribution in [1.82, 2.24) is 4.90 Å². The number of allylic oxidation sites excluding steroid dienone is 2. The lowest BCUT2D eigenvalue weighted by molar-refractivity contribution is -0.143. The Morgan fingerprint density at radius 1 is 1.11 bits per heavy atom. The molecular formula is C27H34F3N3O2. The van der Waals surface area contributed by atoms with Crippen molar-refractivity contribution in [2.24, 2.45) is 4.99 Å². The number of aliphatic imine (C=N–C) groups is 1. The number of anilines is 1. The number of fused-ring (bicyclic) bond motifs is 2. The molecule has 0 atom stereocenters. The fraction of sp³-hybridized carbons (Fsp3) is 0.593. The lowest BCUT2D eigenvalue weighted by Gasteiger charge is -2.46. The maximum atomic E-state index is 13.7. The molecule has 4 rings (SSSR count). The van der Waals surface area contributed by atoms with Crippen molar-refractivity contribution < 1.29 is 22.8 Å². The predicted molar refractivity (Wildman–Crippen MR) is 130 cm³/mol. The summed E-state index contributed by atoms with van der Waals surface area (Å²) >= 11 is 0. The molecule has 1 saturated heterocycles. The average molecular weight is 490 g/mol. The van der Waals surface area contributed by atoms with Crippen LogP contribution in [-0.4, -0.2) is 48.2 Å². The van der Waals surface area contributed by atoms with Gasteiger partial charge in [-0.1, -0.05) is 30.7 Å². The van der Waals surface area contributed by atoms with Crippen LogP contribution in [0.4, 0.5) is 18.9 Å². The second-order valence-electron chi connectivity index (χ2n) is 10.0. The molecule has 1 aromatic rings. The maximum Gasteiger partial charge on any atom is 0.389 e. The van der Waals surface area contributed by atoms with E-state index in [-0.39, 0.29) is 24.8 Å². The lowest BCUT2D eigenvalue weighted by Crippen LogP contribution is -2.65. The van der Waals surface area contributed by atoms with Crippen molar-refractivity contribution in [1.29, 1.82) is 0 Å². The Labute approximate surface area is 205 Å². The largest absolute Gasteiger partial charge is 0.389 e. The molecule has 0 radical (unpaired) electrons. The molecule has 0 unspecified atom stereocenters. The molecule has 1 aliphatic carbocycles. The van der Waals surface area contributed by atoms with Gasteiger partial charge in [0, 0.05) is 43.0 Å². The summed E-state index contributed by atoms with van der Waals surface area (Å²) < 4.78 is 38.0. The SMILES string of the molecule is CCC(=O)N1CC2(C1)C(=O)N(CC(CCCCC(F)(F)F)=NC1=C(C)CCCC1)c1ccccc12. The summed E-state index contributed by atoms with van der Waals surface area (Å²) in [7, 11) is 0. The monoisotopic (exact) mass is 489 g/mol. The summed E-state index contributed by atoms with van der Waals surface area (Å²) in [6, 6.07) is 7.66. The van der Waals surface area contributed by atoms with Gasteiger partial charge < -0.3 is 9.80 Å². The molecule has 0 saturated carbocycles. The van der Waals surface area contributed by atoms with Gasteiger partial charge in [-0.25, -0.2) is 0 Å². The number of hydrogen-bond acceptors (Lipinski definition) is 3. The van der Waals surface area contributed by atoms with E-state index >= 15 is 0 Å². The van der Waals surface area contributed by atoms with Crippen molar-refractivity contribution in [3.63, 3.8) is 0 Å². The molecule has 5 nitrogen and oxygen atoms in total. The third-order valence-electron chi connectivity index (χ3n) is 7.46. The molecule has 0 bridgehead atoms. The van der Waals surface area contributed by atoms with Crippen LogP contribution < -0.4 is 4.90 Å². The molecule has 3 aliphatic rings. The first-order valence-electron chi connectivity index (χ1n) is 12.7. The molecule has 1 aromatic carbocycles. The van der Waals surface area contributed by atoms with E-state index in [0.29, 0.717) is 32.4 Å². The van der Waals surface area contributed by atoms with Crippen LogP contribution in [0.15, 0.2) is 40.5 Å². The molecule has 190 valence electrons. The van der Waals surface area contributed by atoms with Gasteiger partial charge in [0.05, 0.1) is 6.54 Å². The Kier molecular flexibility index (Phi) is 7.38. The van der Waals surface area contributed by atoms with E-state index in [2.05, 4.69) is 6.92 Å². The number of nitrogens with zero attached hydrogens (tertiary/aromatic N) is 3. The minimum atomic E-state index is -4.16. The zero-order chi connectivity index (χ0) is 25.2. The number of alkyl halides is 3. The van der Waals surface area contributed by atoms with E-state index in [1.165, 1.54) is 5.57 Å². The summed E-state index contributed by atoms with van der Waals surface area (Å²) in [6.45, 7) is 4.89. The highest BCUT2D eigenvalue weighted by Crippen LogP contribution is 2.47. The summed E-state index contributed by atoms with van der Waals surface area (Å²) in [5, 5.41) is 0. The zero-order valence-electron chi connectivity index (χ0n) is 20.6. The minimum Gasteiger partial charge on any atom is -0.340 e. The number of carbonyl (C=O) groups is 2. The van der Waals surface area contributed by atoms with Crippen LogP contribution in [0.1, 0.15) is 77.2 Å². The fourth-order valence-electron chi connectivity index (χ4n) is 5.45. The van der Waals surface area contributed by atoms with Crippen LogP contribution in [-0.2, 0) is 15.0 Å². The molecular weight excluding hydrogens is 455 g/mol. The van der Waals surface area contributed by atoms with Gasteiger partial charge >= 0.3 is 6.18 Å². The van der Waals surface area contributed by atoms with Crippen LogP contribution in [0.3, 0.4) is 0 Å². The summed E-state index contributed by atoms with van der Waals surface area (Å²) in [5.41, 5.74) is 4.00. The number of likely N-dealkylation sites (tertiary alicyclic amines) is 1. The number of carbonyl (C=O) groups excluding carboxylic acids is 2. The highest BCUT2D eigenvalue weighted by atomic mass is 19.4. The fourth-order valence-corrected chi connectivity index (χ4v) is 5.45. The first kappa shape index (κ1) is 25.5. The van der Waals surface area contributed by atoms with E-state index in [4.69, 9.17) is 4.99 Å². The number of halogens is 3. The van der Waals surface area contributed by atoms with E-state index < -0.39 is 18.0 Å². The van der Waals surface area contributed by atoms with Gasteiger partial charge in [0.25, 0.3) is 0 Å². The van der Waals surface area contributed by atoms with Crippen molar-refractivity contribution in [2.45, 2.75) is 83.2 Å². The van der Waals surface area contributed by atoms with Gasteiger partial charge in [0.15, 0.2) is 0 Å². The second-order valence-corrected chi connectivity index (χ2v) is 10.0. The van der Waals surface area contributed by atoms with Gasteiger partial charge in [-0.3, -0.25) is 14.6 Å². The van der Waals surface area contributed by atoms with Gasteiger partial charge in [-0.2, -0.15) is 13.2 Å². The predicted octanol–water partition coefficient (Wildman–Crippen LogP) is 5.93. The van der Waals surface area contributed by atoms with Crippen molar-refractivity contribution >= 4 is 23.2 Å². The van der Waals surface area contributed by atoms with Crippen LogP contribution >= 0.6 is 0 Å². The second kappa shape index (κ2) is 10.2. The highest BCUT2D eigenvalue weighted by Gasteiger charge is 2.58. The van der Waals surface area contributed by atoms with Gasteiger partial charge in [0.1, 0.15) is 5.41 Å². The lowest BCUT2D eigenvalue weighted by atomic mass is 9.74. The molecule has 1 fully saturated rings. The topological polar surface area (TPSA) is 53.0 Å². The van der Waals surface area contributed by atoms with Crippen LogP contribution in [0.5, 0.6) is 0 Å². The number of para-hydroxylation sites is 1. The Balaban J connectivity index is 1.57. The minimum absolute atomic E-state index is 0.0333. The van der Waals surface area contributed by atoms with E-state index in [9.17, 15) is 22.8 Å². The molecule has 0 aromatic heterocycles. The summed E-state index contributed by atoms with van der Waals surface area (Å²) in [5.74, 6) is -0.0119. The Morgan fingerprint density at radius 3 is 2.51 bits per heavy atom. The number of hydrogen-bond donors (Lipinski definition) is 0. The van der Waals surface area contributed by atoms with Gasteiger partial charge in [0.2, 0.25) is 11.8 Å². The standard InChI is InChI=1S/C27H34F3N3O2/c1-3-24(34)32-17-26(18-32)21-12-5-7-14-23(21)33(25(26)35)16-20(11-8-9-15-27(28,29)30)31-22-13-6-4-10-19(22)2/h5,7,12,14H,3-4,6,8-11,13,15-18H2,1-2H3. The molecule has 35 heavy (non-hydrogen) atoms. The molecule has 2 aliphatic heterocycles. The van der Waals surface area contributed by atoms with Crippen molar-refractivity contribution in [3.05, 3.63) is 41.1 Å². The Hall–Kier alpha value is -2.64.